The second-order valence-electron chi connectivity index (χ2n) is 5.18. The van der Waals surface area contributed by atoms with Crippen LogP contribution in [0.1, 0.15) is 40.0 Å². The second-order valence-corrected chi connectivity index (χ2v) is 5.48. The predicted octanol–water partition coefficient (Wildman–Crippen LogP) is 2.56. The van der Waals surface area contributed by atoms with Gasteiger partial charge in [-0.05, 0) is 18.8 Å². The molecule has 0 bridgehead atoms. The van der Waals surface area contributed by atoms with E-state index < -0.39 is 0 Å². The average Bonchev–Trinajstić information content (AvgIpc) is 2.50. The van der Waals surface area contributed by atoms with Crippen molar-refractivity contribution in [2.24, 2.45) is 11.3 Å². The van der Waals surface area contributed by atoms with Crippen molar-refractivity contribution < 1.29 is 4.79 Å². The Balaban J connectivity index is 2.48. The molecule has 3 heteroatoms. The minimum Gasteiger partial charge on any atom is -0.353 e. The summed E-state index contributed by atoms with van der Waals surface area (Å²) in [5.41, 5.74) is -0.292. The Hall–Kier alpha value is -0.240. The summed E-state index contributed by atoms with van der Waals surface area (Å²) in [6, 6.07) is 0.305. The molecule has 0 spiro atoms. The first-order chi connectivity index (χ1) is 6.45. The molecule has 1 amide bonds. The summed E-state index contributed by atoms with van der Waals surface area (Å²) in [6.07, 6.45) is 3.42. The zero-order valence-corrected chi connectivity index (χ0v) is 10.0. The second kappa shape index (κ2) is 4.52. The van der Waals surface area contributed by atoms with Crippen LogP contribution in [0.25, 0.3) is 0 Å². The highest BCUT2D eigenvalue weighted by molar-refractivity contribution is 6.18. The highest BCUT2D eigenvalue weighted by Gasteiger charge is 2.31. The monoisotopic (exact) mass is 217 g/mol. The Morgan fingerprint density at radius 1 is 1.43 bits per heavy atom. The zero-order valence-electron chi connectivity index (χ0n) is 9.27. The number of nitrogens with one attached hydrogen (secondary N) is 1. The molecular formula is C11H20ClNO. The molecule has 1 aliphatic carbocycles. The van der Waals surface area contributed by atoms with Gasteiger partial charge in [0.25, 0.3) is 0 Å². The molecule has 2 unspecified atom stereocenters. The van der Waals surface area contributed by atoms with Gasteiger partial charge in [0.1, 0.15) is 0 Å². The van der Waals surface area contributed by atoms with E-state index in [4.69, 9.17) is 11.6 Å². The molecule has 0 radical (unpaired) electrons. The largest absolute Gasteiger partial charge is 0.353 e. The summed E-state index contributed by atoms with van der Waals surface area (Å²) < 4.78 is 0. The van der Waals surface area contributed by atoms with Gasteiger partial charge >= 0.3 is 0 Å². The molecular weight excluding hydrogens is 198 g/mol. The smallest absolute Gasteiger partial charge is 0.225 e. The van der Waals surface area contributed by atoms with Crippen LogP contribution in [0.4, 0.5) is 0 Å². The topological polar surface area (TPSA) is 29.1 Å². The summed E-state index contributed by atoms with van der Waals surface area (Å²) in [4.78, 5) is 11.7. The molecule has 1 rings (SSSR count). The van der Waals surface area contributed by atoms with Crippen LogP contribution < -0.4 is 5.32 Å². The zero-order chi connectivity index (χ0) is 10.8. The summed E-state index contributed by atoms with van der Waals surface area (Å²) in [6.45, 7) is 5.81. The molecule has 1 fully saturated rings. The number of alkyl halides is 1. The Morgan fingerprint density at radius 3 is 2.57 bits per heavy atom. The molecule has 0 saturated heterocycles. The number of halogens is 1. The molecule has 1 aliphatic rings. The van der Waals surface area contributed by atoms with Crippen LogP contribution in [0.15, 0.2) is 0 Å². The highest BCUT2D eigenvalue weighted by Crippen LogP contribution is 2.27. The first-order valence-electron chi connectivity index (χ1n) is 5.32. The van der Waals surface area contributed by atoms with Gasteiger partial charge in [-0.2, -0.15) is 0 Å². The third-order valence-electron chi connectivity index (χ3n) is 2.85. The van der Waals surface area contributed by atoms with Crippen molar-refractivity contribution in [2.45, 2.75) is 46.1 Å². The van der Waals surface area contributed by atoms with Crippen LogP contribution in [0, 0.1) is 11.3 Å². The fourth-order valence-corrected chi connectivity index (χ4v) is 2.17. The van der Waals surface area contributed by atoms with Gasteiger partial charge in [-0.15, -0.1) is 11.6 Å². The molecule has 14 heavy (non-hydrogen) atoms. The third kappa shape index (κ3) is 2.88. The van der Waals surface area contributed by atoms with Gasteiger partial charge < -0.3 is 5.32 Å². The van der Waals surface area contributed by atoms with E-state index in [0.717, 1.165) is 12.8 Å². The Bertz CT molecular complexity index is 210. The van der Waals surface area contributed by atoms with Crippen molar-refractivity contribution in [1.82, 2.24) is 5.32 Å². The molecule has 0 aliphatic heterocycles. The van der Waals surface area contributed by atoms with E-state index in [9.17, 15) is 4.79 Å². The lowest BCUT2D eigenvalue weighted by molar-refractivity contribution is -0.129. The van der Waals surface area contributed by atoms with Crippen molar-refractivity contribution in [3.63, 3.8) is 0 Å². The number of carbonyl (C=O) groups is 1. The number of hydrogen-bond acceptors (Lipinski definition) is 1. The maximum Gasteiger partial charge on any atom is 0.225 e. The minimum atomic E-state index is -0.292. The number of carbonyl (C=O) groups excluding carboxylic acids is 1. The molecule has 2 atom stereocenters. The van der Waals surface area contributed by atoms with Crippen molar-refractivity contribution in [1.29, 1.82) is 0 Å². The Kier molecular flexibility index (Phi) is 3.82. The van der Waals surface area contributed by atoms with Crippen LogP contribution in [0.5, 0.6) is 0 Å². The SMILES string of the molecule is CC(C)(C)C(=O)NC1CCCC1CCl. The highest BCUT2D eigenvalue weighted by atomic mass is 35.5. The molecule has 1 N–H and O–H groups in total. The summed E-state index contributed by atoms with van der Waals surface area (Å²) in [5, 5.41) is 3.10. The summed E-state index contributed by atoms with van der Waals surface area (Å²) in [7, 11) is 0. The fourth-order valence-electron chi connectivity index (χ4n) is 1.80. The van der Waals surface area contributed by atoms with E-state index in [1.54, 1.807) is 0 Å². The summed E-state index contributed by atoms with van der Waals surface area (Å²) >= 11 is 5.85. The average molecular weight is 218 g/mol. The van der Waals surface area contributed by atoms with Gasteiger partial charge in [0.2, 0.25) is 5.91 Å². The first kappa shape index (κ1) is 11.8. The Morgan fingerprint density at radius 2 is 2.07 bits per heavy atom. The van der Waals surface area contributed by atoms with Gasteiger partial charge in [0, 0.05) is 17.3 Å². The maximum absolute atomic E-state index is 11.7. The van der Waals surface area contributed by atoms with Crippen molar-refractivity contribution in [3.8, 4) is 0 Å². The normalized spacial score (nSPS) is 27.7. The van der Waals surface area contributed by atoms with E-state index in [0.29, 0.717) is 17.8 Å². The van der Waals surface area contributed by atoms with Crippen molar-refractivity contribution in [2.75, 3.05) is 5.88 Å². The van der Waals surface area contributed by atoms with Crippen LogP contribution in [-0.2, 0) is 4.79 Å². The van der Waals surface area contributed by atoms with Gasteiger partial charge in [0.05, 0.1) is 0 Å². The molecule has 1 saturated carbocycles. The quantitative estimate of drug-likeness (QED) is 0.708. The third-order valence-corrected chi connectivity index (χ3v) is 3.25. The Labute approximate surface area is 91.4 Å². The van der Waals surface area contributed by atoms with Gasteiger partial charge in [-0.3, -0.25) is 4.79 Å². The molecule has 82 valence electrons. The van der Waals surface area contributed by atoms with Gasteiger partial charge in [0.15, 0.2) is 0 Å². The van der Waals surface area contributed by atoms with Gasteiger partial charge in [-0.25, -0.2) is 0 Å². The van der Waals surface area contributed by atoms with Crippen LogP contribution >= 0.6 is 11.6 Å². The standard InChI is InChI=1S/C11H20ClNO/c1-11(2,3)10(14)13-9-6-4-5-8(9)7-12/h8-9H,4-7H2,1-3H3,(H,13,14). The molecule has 0 aromatic rings. The predicted molar refractivity (Wildman–Crippen MR) is 59.4 cm³/mol. The number of rotatable bonds is 2. The van der Waals surface area contributed by atoms with E-state index in [1.165, 1.54) is 6.42 Å². The van der Waals surface area contributed by atoms with Crippen LogP contribution in [0.2, 0.25) is 0 Å². The van der Waals surface area contributed by atoms with Crippen molar-refractivity contribution >= 4 is 17.5 Å². The van der Waals surface area contributed by atoms with E-state index in [-0.39, 0.29) is 11.3 Å². The fraction of sp³-hybridized carbons (Fsp3) is 0.909. The molecule has 0 aromatic heterocycles. The minimum absolute atomic E-state index is 0.138. The molecule has 2 nitrogen and oxygen atoms in total. The summed E-state index contributed by atoms with van der Waals surface area (Å²) in [5.74, 6) is 1.28. The number of hydrogen-bond donors (Lipinski definition) is 1. The van der Waals surface area contributed by atoms with E-state index in [2.05, 4.69) is 5.32 Å². The lowest BCUT2D eigenvalue weighted by Crippen LogP contribution is -2.43. The first-order valence-corrected chi connectivity index (χ1v) is 5.85. The lowest BCUT2D eigenvalue weighted by atomic mass is 9.94. The van der Waals surface area contributed by atoms with E-state index >= 15 is 0 Å². The maximum atomic E-state index is 11.7. The lowest BCUT2D eigenvalue weighted by Gasteiger charge is -2.24. The number of amides is 1. The molecule has 0 aromatic carbocycles. The van der Waals surface area contributed by atoms with E-state index in [1.807, 2.05) is 20.8 Å². The molecule has 0 heterocycles. The van der Waals surface area contributed by atoms with Crippen LogP contribution in [-0.4, -0.2) is 17.8 Å². The van der Waals surface area contributed by atoms with Gasteiger partial charge in [-0.1, -0.05) is 27.2 Å². The van der Waals surface area contributed by atoms with Crippen molar-refractivity contribution in [3.05, 3.63) is 0 Å². The van der Waals surface area contributed by atoms with Crippen LogP contribution in [0.3, 0.4) is 0 Å².